The molecule has 1 unspecified atom stereocenters. The lowest BCUT2D eigenvalue weighted by Gasteiger charge is -2.37. The molecule has 4 rings (SSSR count). The number of carbonyl (C=O) groups is 3. The van der Waals surface area contributed by atoms with E-state index in [0.717, 1.165) is 22.2 Å². The van der Waals surface area contributed by atoms with Crippen LogP contribution in [0.4, 0.5) is 5.69 Å². The quantitative estimate of drug-likeness (QED) is 0.549. The number of aromatic nitrogens is 1. The van der Waals surface area contributed by atoms with Crippen molar-refractivity contribution < 1.29 is 14.4 Å². The van der Waals surface area contributed by atoms with Gasteiger partial charge in [-0.05, 0) is 35.9 Å². The second kappa shape index (κ2) is 9.13. The van der Waals surface area contributed by atoms with Crippen LogP contribution in [0, 0.1) is 0 Å². The minimum absolute atomic E-state index is 0.0748. The Kier molecular flexibility index (Phi) is 6.11. The van der Waals surface area contributed by atoms with Gasteiger partial charge >= 0.3 is 0 Å². The van der Waals surface area contributed by atoms with E-state index in [2.05, 4.69) is 15.2 Å². The predicted molar refractivity (Wildman–Crippen MR) is 123 cm³/mol. The Bertz CT molecular complexity index is 1130. The zero-order valence-corrected chi connectivity index (χ0v) is 18.0. The van der Waals surface area contributed by atoms with Crippen LogP contribution in [-0.4, -0.2) is 59.8 Å². The van der Waals surface area contributed by atoms with Crippen molar-refractivity contribution in [2.24, 2.45) is 5.73 Å². The van der Waals surface area contributed by atoms with E-state index in [9.17, 15) is 14.4 Å². The maximum atomic E-state index is 13.3. The lowest BCUT2D eigenvalue weighted by atomic mass is 10.0. The van der Waals surface area contributed by atoms with Crippen molar-refractivity contribution in [3.05, 3.63) is 65.9 Å². The molecule has 0 saturated carbocycles. The molecular formula is C24H27N5O3. The Morgan fingerprint density at radius 3 is 2.38 bits per heavy atom. The van der Waals surface area contributed by atoms with Crippen LogP contribution in [0.2, 0.25) is 0 Å². The van der Waals surface area contributed by atoms with E-state index in [1.54, 1.807) is 12.1 Å². The number of nitrogens with two attached hydrogens (primary N) is 1. The molecule has 0 radical (unpaired) electrons. The number of nitrogens with one attached hydrogen (secondary N) is 2. The van der Waals surface area contributed by atoms with Gasteiger partial charge in [-0.25, -0.2) is 0 Å². The van der Waals surface area contributed by atoms with Crippen molar-refractivity contribution in [1.82, 2.24) is 15.2 Å². The number of aromatic amines is 1. The molecule has 3 aromatic rings. The Balaban J connectivity index is 1.43. The molecule has 3 amide bonds. The zero-order chi connectivity index (χ0) is 22.7. The van der Waals surface area contributed by atoms with Crippen molar-refractivity contribution in [2.75, 3.05) is 31.1 Å². The molecule has 0 aliphatic carbocycles. The van der Waals surface area contributed by atoms with Gasteiger partial charge in [-0.3, -0.25) is 14.4 Å². The second-order valence-electron chi connectivity index (χ2n) is 8.04. The van der Waals surface area contributed by atoms with Gasteiger partial charge in [0, 0.05) is 67.9 Å². The molecule has 0 bridgehead atoms. The minimum Gasteiger partial charge on any atom is -0.368 e. The first-order valence-corrected chi connectivity index (χ1v) is 10.7. The fourth-order valence-corrected chi connectivity index (χ4v) is 4.21. The topological polar surface area (TPSA) is 112 Å². The normalized spacial score (nSPS) is 14.9. The Labute approximate surface area is 186 Å². The number of anilines is 1. The summed E-state index contributed by atoms with van der Waals surface area (Å²) in [5.41, 5.74) is 8.77. The summed E-state index contributed by atoms with van der Waals surface area (Å²) in [6.07, 6.45) is 2.33. The molecule has 1 aliphatic rings. The van der Waals surface area contributed by atoms with Crippen molar-refractivity contribution in [3.63, 3.8) is 0 Å². The molecule has 8 nitrogen and oxygen atoms in total. The zero-order valence-electron chi connectivity index (χ0n) is 18.0. The van der Waals surface area contributed by atoms with Crippen LogP contribution in [0.3, 0.4) is 0 Å². The first-order chi connectivity index (χ1) is 15.4. The smallest absolute Gasteiger partial charge is 0.248 e. The van der Waals surface area contributed by atoms with Gasteiger partial charge in [0.2, 0.25) is 17.7 Å². The highest BCUT2D eigenvalue weighted by Crippen LogP contribution is 2.21. The van der Waals surface area contributed by atoms with Gasteiger partial charge in [-0.2, -0.15) is 0 Å². The fraction of sp³-hybridized carbons (Fsp3) is 0.292. The summed E-state index contributed by atoms with van der Waals surface area (Å²) in [7, 11) is 0. The van der Waals surface area contributed by atoms with E-state index in [0.29, 0.717) is 38.2 Å². The number of hydrogen-bond donors (Lipinski definition) is 3. The van der Waals surface area contributed by atoms with E-state index < -0.39 is 11.9 Å². The van der Waals surface area contributed by atoms with E-state index in [1.807, 2.05) is 47.5 Å². The number of carbonyl (C=O) groups excluding carboxylic acids is 3. The highest BCUT2D eigenvalue weighted by atomic mass is 16.2. The minimum atomic E-state index is -0.617. The summed E-state index contributed by atoms with van der Waals surface area (Å²) >= 11 is 0. The second-order valence-corrected chi connectivity index (χ2v) is 8.04. The molecule has 4 N–H and O–H groups in total. The number of rotatable bonds is 6. The molecule has 166 valence electrons. The Morgan fingerprint density at radius 2 is 1.72 bits per heavy atom. The van der Waals surface area contributed by atoms with Crippen molar-refractivity contribution >= 4 is 34.3 Å². The number of para-hydroxylation sites is 1. The Morgan fingerprint density at radius 1 is 1.03 bits per heavy atom. The van der Waals surface area contributed by atoms with Gasteiger partial charge in [0.05, 0.1) is 0 Å². The average Bonchev–Trinajstić information content (AvgIpc) is 3.21. The SMILES string of the molecule is CC(=O)NC(Cc1c[nH]c2ccccc12)C(=O)N1CCN(c2ccc(C(N)=O)cc2)CC1. The first kappa shape index (κ1) is 21.4. The third-order valence-electron chi connectivity index (χ3n) is 5.88. The van der Waals surface area contributed by atoms with Crippen LogP contribution >= 0.6 is 0 Å². The molecule has 2 heterocycles. The standard InChI is InChI=1S/C24H27N5O3/c1-16(30)27-22(14-18-15-26-21-5-3-2-4-20(18)21)24(32)29-12-10-28(11-13-29)19-8-6-17(7-9-19)23(25)31/h2-9,15,22,26H,10-14H2,1H3,(H2,25,31)(H,27,30). The van der Waals surface area contributed by atoms with Crippen LogP contribution in [0.5, 0.6) is 0 Å². The van der Waals surface area contributed by atoms with Gasteiger partial charge in [-0.1, -0.05) is 18.2 Å². The van der Waals surface area contributed by atoms with Crippen molar-refractivity contribution in [1.29, 1.82) is 0 Å². The van der Waals surface area contributed by atoms with Gasteiger partial charge in [0.25, 0.3) is 0 Å². The Hall–Kier alpha value is -3.81. The van der Waals surface area contributed by atoms with Crippen molar-refractivity contribution in [2.45, 2.75) is 19.4 Å². The maximum absolute atomic E-state index is 13.3. The molecule has 2 aromatic carbocycles. The predicted octanol–water partition coefficient (Wildman–Crippen LogP) is 1.66. The number of fused-ring (bicyclic) bond motifs is 1. The molecule has 1 atom stereocenters. The molecule has 0 spiro atoms. The number of benzene rings is 2. The van der Waals surface area contributed by atoms with E-state index in [1.165, 1.54) is 6.92 Å². The maximum Gasteiger partial charge on any atom is 0.248 e. The molecule has 1 aromatic heterocycles. The van der Waals surface area contributed by atoms with Crippen LogP contribution < -0.4 is 16.0 Å². The summed E-state index contributed by atoms with van der Waals surface area (Å²) in [4.78, 5) is 43.6. The van der Waals surface area contributed by atoms with Crippen LogP contribution in [0.25, 0.3) is 10.9 Å². The lowest BCUT2D eigenvalue weighted by molar-refractivity contribution is -0.136. The van der Waals surface area contributed by atoms with Gasteiger partial charge < -0.3 is 25.8 Å². The van der Waals surface area contributed by atoms with E-state index in [4.69, 9.17) is 5.73 Å². The lowest BCUT2D eigenvalue weighted by Crippen LogP contribution is -2.55. The molecule has 1 aliphatic heterocycles. The number of piperazine rings is 1. The highest BCUT2D eigenvalue weighted by Gasteiger charge is 2.29. The number of amides is 3. The number of nitrogens with zero attached hydrogens (tertiary/aromatic N) is 2. The van der Waals surface area contributed by atoms with Gasteiger partial charge in [0.1, 0.15) is 6.04 Å². The number of H-pyrrole nitrogens is 1. The van der Waals surface area contributed by atoms with Gasteiger partial charge in [0.15, 0.2) is 0 Å². The summed E-state index contributed by atoms with van der Waals surface area (Å²) in [6, 6.07) is 14.5. The molecule has 1 saturated heterocycles. The fourth-order valence-electron chi connectivity index (χ4n) is 4.21. The average molecular weight is 434 g/mol. The molecular weight excluding hydrogens is 406 g/mol. The molecule has 1 fully saturated rings. The monoisotopic (exact) mass is 433 g/mol. The number of hydrogen-bond acceptors (Lipinski definition) is 4. The van der Waals surface area contributed by atoms with Crippen molar-refractivity contribution in [3.8, 4) is 0 Å². The summed E-state index contributed by atoms with van der Waals surface area (Å²) in [5.74, 6) is -0.753. The highest BCUT2D eigenvalue weighted by molar-refractivity contribution is 5.93. The van der Waals surface area contributed by atoms with E-state index in [-0.39, 0.29) is 11.8 Å². The van der Waals surface area contributed by atoms with Crippen LogP contribution in [-0.2, 0) is 16.0 Å². The largest absolute Gasteiger partial charge is 0.368 e. The van der Waals surface area contributed by atoms with Crippen LogP contribution in [0.15, 0.2) is 54.7 Å². The van der Waals surface area contributed by atoms with Gasteiger partial charge in [-0.15, -0.1) is 0 Å². The summed E-state index contributed by atoms with van der Waals surface area (Å²) < 4.78 is 0. The molecule has 8 heteroatoms. The molecule has 32 heavy (non-hydrogen) atoms. The van der Waals surface area contributed by atoms with Crippen LogP contribution in [0.1, 0.15) is 22.8 Å². The third kappa shape index (κ3) is 4.59. The summed E-state index contributed by atoms with van der Waals surface area (Å²) in [5, 5.41) is 3.89. The number of primary amides is 1. The third-order valence-corrected chi connectivity index (χ3v) is 5.88. The first-order valence-electron chi connectivity index (χ1n) is 10.7. The summed E-state index contributed by atoms with van der Waals surface area (Å²) in [6.45, 7) is 3.88. The van der Waals surface area contributed by atoms with E-state index >= 15 is 0 Å².